The van der Waals surface area contributed by atoms with Crippen LogP contribution in [0, 0.1) is 6.92 Å². The van der Waals surface area contributed by atoms with Crippen molar-refractivity contribution in [2.45, 2.75) is 6.92 Å². The van der Waals surface area contributed by atoms with Gasteiger partial charge in [-0.2, -0.15) is 0 Å². The molecule has 0 fully saturated rings. The lowest BCUT2D eigenvalue weighted by atomic mass is 10.2. The number of rotatable bonds is 8. The largest absolute Gasteiger partial charge is 0.497 e. The van der Waals surface area contributed by atoms with Crippen LogP contribution in [0.1, 0.15) is 5.56 Å². The summed E-state index contributed by atoms with van der Waals surface area (Å²) in [4.78, 5) is 11.9. The van der Waals surface area contributed by atoms with Crippen molar-refractivity contribution in [3.63, 3.8) is 0 Å². The Bertz CT molecular complexity index is 676. The molecule has 0 aromatic heterocycles. The zero-order valence-corrected chi connectivity index (χ0v) is 15.2. The lowest BCUT2D eigenvalue weighted by Gasteiger charge is -2.09. The summed E-state index contributed by atoms with van der Waals surface area (Å²) in [6.45, 7) is 2.46. The highest BCUT2D eigenvalue weighted by atomic mass is 35.5. The summed E-state index contributed by atoms with van der Waals surface area (Å²) in [5.74, 6) is 2.67. The second-order valence-corrected chi connectivity index (χ2v) is 6.63. The Morgan fingerprint density at radius 1 is 1.17 bits per heavy atom. The van der Waals surface area contributed by atoms with Crippen molar-refractivity contribution >= 4 is 35.0 Å². The van der Waals surface area contributed by atoms with Gasteiger partial charge in [0, 0.05) is 16.5 Å². The fraction of sp³-hybridized carbons (Fsp3) is 0.278. The molecule has 0 aliphatic rings. The van der Waals surface area contributed by atoms with E-state index in [0.717, 1.165) is 28.5 Å². The molecule has 2 aromatic rings. The third-order valence-electron chi connectivity index (χ3n) is 3.25. The fourth-order valence-corrected chi connectivity index (χ4v) is 2.84. The van der Waals surface area contributed by atoms with Crippen molar-refractivity contribution in [3.05, 3.63) is 53.1 Å². The number of carbonyl (C=O) groups excluding carboxylic acids is 1. The van der Waals surface area contributed by atoms with E-state index in [4.69, 9.17) is 21.1 Å². The maximum Gasteiger partial charge on any atom is 0.234 e. The van der Waals surface area contributed by atoms with E-state index in [1.54, 1.807) is 13.2 Å². The second-order valence-electron chi connectivity index (χ2n) is 5.08. The normalized spacial score (nSPS) is 10.3. The first-order valence-corrected chi connectivity index (χ1v) is 9.02. The fourth-order valence-electron chi connectivity index (χ4n) is 2.01. The summed E-state index contributed by atoms with van der Waals surface area (Å²) in [5.41, 5.74) is 1.74. The van der Waals surface area contributed by atoms with E-state index >= 15 is 0 Å². The van der Waals surface area contributed by atoms with Gasteiger partial charge in [-0.25, -0.2) is 0 Å². The smallest absolute Gasteiger partial charge is 0.234 e. The van der Waals surface area contributed by atoms with Crippen molar-refractivity contribution in [2.24, 2.45) is 0 Å². The Hall–Kier alpha value is -1.85. The molecule has 2 aromatic carbocycles. The van der Waals surface area contributed by atoms with Gasteiger partial charge in [-0.3, -0.25) is 4.79 Å². The van der Waals surface area contributed by atoms with Gasteiger partial charge in [0.25, 0.3) is 0 Å². The number of benzene rings is 2. The quantitative estimate of drug-likeness (QED) is 0.704. The first kappa shape index (κ1) is 18.5. The molecule has 0 aliphatic heterocycles. The summed E-state index contributed by atoms with van der Waals surface area (Å²) >= 11 is 7.43. The lowest BCUT2D eigenvalue weighted by Crippen LogP contribution is -2.15. The number of nitrogens with one attached hydrogen (secondary N) is 1. The van der Waals surface area contributed by atoms with Gasteiger partial charge in [-0.1, -0.05) is 11.6 Å². The van der Waals surface area contributed by atoms with E-state index < -0.39 is 0 Å². The monoisotopic (exact) mass is 365 g/mol. The Labute approximate surface area is 151 Å². The molecule has 0 heterocycles. The molecule has 0 unspecified atom stereocenters. The summed E-state index contributed by atoms with van der Waals surface area (Å²) in [7, 11) is 1.63. The first-order chi connectivity index (χ1) is 11.6. The molecule has 1 amide bonds. The number of anilines is 1. The number of thioether (sulfide) groups is 1. The molecule has 0 radical (unpaired) electrons. The van der Waals surface area contributed by atoms with E-state index in [1.165, 1.54) is 11.8 Å². The minimum absolute atomic E-state index is 0.0325. The molecule has 0 saturated carbocycles. The molecule has 0 aliphatic carbocycles. The zero-order chi connectivity index (χ0) is 17.4. The minimum atomic E-state index is -0.0325. The van der Waals surface area contributed by atoms with Crippen molar-refractivity contribution in [1.29, 1.82) is 0 Å². The number of carbonyl (C=O) groups is 1. The maximum absolute atomic E-state index is 11.9. The molecule has 0 saturated heterocycles. The van der Waals surface area contributed by atoms with Crippen molar-refractivity contribution < 1.29 is 14.3 Å². The van der Waals surface area contributed by atoms with Gasteiger partial charge >= 0.3 is 0 Å². The van der Waals surface area contributed by atoms with E-state index in [9.17, 15) is 4.79 Å². The number of halogens is 1. The molecule has 24 heavy (non-hydrogen) atoms. The topological polar surface area (TPSA) is 47.6 Å². The Balaban J connectivity index is 1.65. The van der Waals surface area contributed by atoms with Crippen LogP contribution in [0.15, 0.2) is 42.5 Å². The van der Waals surface area contributed by atoms with Gasteiger partial charge in [0.1, 0.15) is 11.5 Å². The van der Waals surface area contributed by atoms with Gasteiger partial charge < -0.3 is 14.8 Å². The minimum Gasteiger partial charge on any atom is -0.497 e. The number of amides is 1. The Morgan fingerprint density at radius 2 is 1.88 bits per heavy atom. The Kier molecular flexibility index (Phi) is 7.28. The highest BCUT2D eigenvalue weighted by Gasteiger charge is 2.05. The van der Waals surface area contributed by atoms with Crippen LogP contribution in [0.25, 0.3) is 0 Å². The molecule has 4 nitrogen and oxygen atoms in total. The van der Waals surface area contributed by atoms with Gasteiger partial charge in [0.15, 0.2) is 0 Å². The first-order valence-electron chi connectivity index (χ1n) is 7.49. The average Bonchev–Trinajstić information content (AvgIpc) is 2.57. The number of hydrogen-bond acceptors (Lipinski definition) is 4. The zero-order valence-electron chi connectivity index (χ0n) is 13.7. The molecule has 0 bridgehead atoms. The molecule has 2 rings (SSSR count). The average molecular weight is 366 g/mol. The summed E-state index contributed by atoms with van der Waals surface area (Å²) in [5, 5.41) is 3.55. The van der Waals surface area contributed by atoms with E-state index in [0.29, 0.717) is 17.4 Å². The van der Waals surface area contributed by atoms with Gasteiger partial charge in [-0.05, 0) is 55.0 Å². The van der Waals surface area contributed by atoms with Gasteiger partial charge in [-0.15, -0.1) is 11.8 Å². The van der Waals surface area contributed by atoms with Crippen LogP contribution in [0.4, 0.5) is 5.69 Å². The number of hydrogen-bond donors (Lipinski definition) is 1. The highest BCUT2D eigenvalue weighted by molar-refractivity contribution is 7.99. The summed E-state index contributed by atoms with van der Waals surface area (Å²) in [6.07, 6.45) is 0. The molecule has 0 atom stereocenters. The predicted octanol–water partition coefficient (Wildman–Crippen LogP) is 4.41. The standard InChI is InChI=1S/C18H20ClNO3S/c1-13-11-14(19)3-8-17(13)20-18(21)12-24-10-9-23-16-6-4-15(22-2)5-7-16/h3-8,11H,9-10,12H2,1-2H3,(H,20,21). The third kappa shape index (κ3) is 5.98. The van der Waals surface area contributed by atoms with E-state index in [1.807, 2.05) is 43.3 Å². The summed E-state index contributed by atoms with van der Waals surface area (Å²) < 4.78 is 10.7. The highest BCUT2D eigenvalue weighted by Crippen LogP contribution is 2.20. The van der Waals surface area contributed by atoms with Crippen LogP contribution < -0.4 is 14.8 Å². The second kappa shape index (κ2) is 9.45. The van der Waals surface area contributed by atoms with Gasteiger partial charge in [0.05, 0.1) is 19.5 Å². The van der Waals surface area contributed by atoms with E-state index in [2.05, 4.69) is 5.32 Å². The van der Waals surface area contributed by atoms with Crippen LogP contribution in [0.2, 0.25) is 5.02 Å². The molecule has 128 valence electrons. The molecular weight excluding hydrogens is 346 g/mol. The Morgan fingerprint density at radius 3 is 2.54 bits per heavy atom. The van der Waals surface area contributed by atoms with Gasteiger partial charge in [0.2, 0.25) is 5.91 Å². The van der Waals surface area contributed by atoms with Crippen LogP contribution in [0.5, 0.6) is 11.5 Å². The van der Waals surface area contributed by atoms with Crippen molar-refractivity contribution in [2.75, 3.05) is 30.5 Å². The summed E-state index contributed by atoms with van der Waals surface area (Å²) in [6, 6.07) is 12.8. The van der Waals surface area contributed by atoms with Crippen LogP contribution in [-0.4, -0.2) is 31.1 Å². The van der Waals surface area contributed by atoms with Crippen LogP contribution >= 0.6 is 23.4 Å². The molecule has 0 spiro atoms. The van der Waals surface area contributed by atoms with Crippen molar-refractivity contribution in [3.8, 4) is 11.5 Å². The molecule has 6 heteroatoms. The van der Waals surface area contributed by atoms with Crippen LogP contribution in [0.3, 0.4) is 0 Å². The third-order valence-corrected chi connectivity index (χ3v) is 4.41. The van der Waals surface area contributed by atoms with Crippen molar-refractivity contribution in [1.82, 2.24) is 0 Å². The van der Waals surface area contributed by atoms with Crippen LogP contribution in [-0.2, 0) is 4.79 Å². The SMILES string of the molecule is COc1ccc(OCCSCC(=O)Nc2ccc(Cl)cc2C)cc1. The molecular formula is C18H20ClNO3S. The number of aryl methyl sites for hydroxylation is 1. The lowest BCUT2D eigenvalue weighted by molar-refractivity contribution is -0.113. The number of ether oxygens (including phenoxy) is 2. The van der Waals surface area contributed by atoms with E-state index in [-0.39, 0.29) is 5.91 Å². The maximum atomic E-state index is 11.9. The number of methoxy groups -OCH3 is 1. The molecule has 1 N–H and O–H groups in total. The predicted molar refractivity (Wildman–Crippen MR) is 101 cm³/mol.